The smallest absolute Gasteiger partial charge is 0.0946 e. The summed E-state index contributed by atoms with van der Waals surface area (Å²) in [6.07, 6.45) is 8.48. The number of hydrogen-bond donors (Lipinski definition) is 0. The fourth-order valence-electron chi connectivity index (χ4n) is 2.05. The highest BCUT2D eigenvalue weighted by atomic mass is 15.0. The largest absolute Gasteiger partial charge is 0.337 e. The molecule has 2 aromatic heterocycles. The number of aromatic nitrogens is 3. The van der Waals surface area contributed by atoms with E-state index in [1.165, 1.54) is 10.9 Å². The zero-order chi connectivity index (χ0) is 11.5. The molecule has 2 heterocycles. The van der Waals surface area contributed by atoms with Crippen LogP contribution in [0.4, 0.5) is 0 Å². The van der Waals surface area contributed by atoms with Crippen LogP contribution >= 0.6 is 0 Å². The maximum Gasteiger partial charge on any atom is 0.0946 e. The first-order chi connectivity index (χ1) is 8.43. The number of pyridine rings is 1. The van der Waals surface area contributed by atoms with Gasteiger partial charge < -0.3 is 4.57 Å². The summed E-state index contributed by atoms with van der Waals surface area (Å²) >= 11 is 0. The molecule has 84 valence electrons. The molecule has 0 saturated heterocycles. The fourth-order valence-corrected chi connectivity index (χ4v) is 2.05. The average molecular weight is 223 g/mol. The van der Waals surface area contributed by atoms with E-state index in [0.717, 1.165) is 18.5 Å². The van der Waals surface area contributed by atoms with Gasteiger partial charge in [0.1, 0.15) is 0 Å². The summed E-state index contributed by atoms with van der Waals surface area (Å²) < 4.78 is 2.09. The van der Waals surface area contributed by atoms with Crippen LogP contribution in [0.25, 0.3) is 10.9 Å². The van der Waals surface area contributed by atoms with Crippen LogP contribution in [-0.2, 0) is 13.0 Å². The topological polar surface area (TPSA) is 30.7 Å². The van der Waals surface area contributed by atoms with Gasteiger partial charge in [0.25, 0.3) is 0 Å². The molecule has 3 nitrogen and oxygen atoms in total. The van der Waals surface area contributed by atoms with Crippen molar-refractivity contribution in [3.05, 3.63) is 60.8 Å². The van der Waals surface area contributed by atoms with Crippen molar-refractivity contribution in [1.29, 1.82) is 0 Å². The van der Waals surface area contributed by atoms with E-state index in [0.29, 0.717) is 0 Å². The maximum absolute atomic E-state index is 4.37. The highest BCUT2D eigenvalue weighted by molar-refractivity contribution is 5.81. The zero-order valence-corrected chi connectivity index (χ0v) is 9.45. The van der Waals surface area contributed by atoms with Gasteiger partial charge in [-0.3, -0.25) is 4.98 Å². The summed E-state index contributed by atoms with van der Waals surface area (Å²) in [6.45, 7) is 0.952. The molecule has 3 rings (SSSR count). The molecule has 0 amide bonds. The predicted octanol–water partition coefficient (Wildman–Crippen LogP) is 2.67. The van der Waals surface area contributed by atoms with Crippen molar-refractivity contribution in [2.45, 2.75) is 13.0 Å². The molecule has 3 aromatic rings. The van der Waals surface area contributed by atoms with Crippen LogP contribution < -0.4 is 0 Å². The lowest BCUT2D eigenvalue weighted by atomic mass is 10.1. The van der Waals surface area contributed by atoms with Crippen LogP contribution in [0.1, 0.15) is 5.56 Å². The molecule has 0 saturated carbocycles. The molecular weight excluding hydrogens is 210 g/mol. The van der Waals surface area contributed by atoms with E-state index in [4.69, 9.17) is 0 Å². The number of hydrogen-bond acceptors (Lipinski definition) is 2. The zero-order valence-electron chi connectivity index (χ0n) is 9.45. The van der Waals surface area contributed by atoms with E-state index in [2.05, 4.69) is 38.8 Å². The predicted molar refractivity (Wildman–Crippen MR) is 67.7 cm³/mol. The second-order valence-corrected chi connectivity index (χ2v) is 4.04. The van der Waals surface area contributed by atoms with Gasteiger partial charge in [-0.2, -0.15) is 0 Å². The van der Waals surface area contributed by atoms with Gasteiger partial charge in [0, 0.05) is 30.5 Å². The minimum atomic E-state index is 0.952. The molecule has 0 unspecified atom stereocenters. The van der Waals surface area contributed by atoms with Gasteiger partial charge in [-0.25, -0.2) is 4.98 Å². The van der Waals surface area contributed by atoms with E-state index in [1.54, 1.807) is 0 Å². The summed E-state index contributed by atoms with van der Waals surface area (Å²) in [5, 5.41) is 1.25. The maximum atomic E-state index is 4.37. The summed E-state index contributed by atoms with van der Waals surface area (Å²) in [5.74, 6) is 0. The van der Waals surface area contributed by atoms with Gasteiger partial charge in [-0.15, -0.1) is 0 Å². The third-order valence-electron chi connectivity index (χ3n) is 2.93. The first-order valence-corrected chi connectivity index (χ1v) is 5.72. The van der Waals surface area contributed by atoms with Crippen molar-refractivity contribution in [2.24, 2.45) is 0 Å². The van der Waals surface area contributed by atoms with Crippen LogP contribution in [0.15, 0.2) is 55.2 Å². The third kappa shape index (κ3) is 2.04. The Bertz CT molecular complexity index is 609. The van der Waals surface area contributed by atoms with Gasteiger partial charge in [0.2, 0.25) is 0 Å². The van der Waals surface area contributed by atoms with Crippen molar-refractivity contribution < 1.29 is 0 Å². The highest BCUT2D eigenvalue weighted by Crippen LogP contribution is 2.17. The summed E-state index contributed by atoms with van der Waals surface area (Å²) in [4.78, 5) is 8.42. The Labute approximate surface area is 99.8 Å². The molecule has 0 radical (unpaired) electrons. The van der Waals surface area contributed by atoms with Crippen molar-refractivity contribution in [1.82, 2.24) is 14.5 Å². The average Bonchev–Trinajstić information content (AvgIpc) is 2.89. The Morgan fingerprint density at radius 3 is 2.94 bits per heavy atom. The van der Waals surface area contributed by atoms with Gasteiger partial charge in [-0.05, 0) is 24.1 Å². The summed E-state index contributed by atoms with van der Waals surface area (Å²) in [7, 11) is 0. The molecule has 0 fully saturated rings. The van der Waals surface area contributed by atoms with Crippen molar-refractivity contribution in [2.75, 3.05) is 0 Å². The Balaban J connectivity index is 1.90. The van der Waals surface area contributed by atoms with Gasteiger partial charge in [-0.1, -0.05) is 18.2 Å². The second kappa shape index (κ2) is 4.37. The van der Waals surface area contributed by atoms with Gasteiger partial charge in [0.15, 0.2) is 0 Å². The molecule has 0 bridgehead atoms. The quantitative estimate of drug-likeness (QED) is 0.683. The Kier molecular flexibility index (Phi) is 2.58. The van der Waals surface area contributed by atoms with E-state index >= 15 is 0 Å². The van der Waals surface area contributed by atoms with Crippen LogP contribution in [-0.4, -0.2) is 14.5 Å². The van der Waals surface area contributed by atoms with Crippen LogP contribution in [0.2, 0.25) is 0 Å². The lowest BCUT2D eigenvalue weighted by Crippen LogP contribution is -1.99. The Hall–Kier alpha value is -2.16. The Morgan fingerprint density at radius 2 is 2.06 bits per heavy atom. The minimum Gasteiger partial charge on any atom is -0.337 e. The first-order valence-electron chi connectivity index (χ1n) is 5.72. The number of rotatable bonds is 3. The van der Waals surface area contributed by atoms with Crippen molar-refractivity contribution in [3.8, 4) is 0 Å². The van der Waals surface area contributed by atoms with Gasteiger partial charge in [0.05, 0.1) is 11.8 Å². The van der Waals surface area contributed by atoms with E-state index in [9.17, 15) is 0 Å². The van der Waals surface area contributed by atoms with E-state index in [-0.39, 0.29) is 0 Å². The third-order valence-corrected chi connectivity index (χ3v) is 2.93. The second-order valence-electron chi connectivity index (χ2n) is 4.04. The summed E-state index contributed by atoms with van der Waals surface area (Å²) in [5.41, 5.74) is 2.40. The standard InChI is InChI=1S/C14H13N3/c1-3-12(6-9-17-10-8-15-11-17)13-4-2-7-16-14(13)5-1/h1-5,7-8,10-11H,6,9H2. The molecule has 0 spiro atoms. The first kappa shape index (κ1) is 10.0. The van der Waals surface area contributed by atoms with E-state index in [1.807, 2.05) is 31.0 Å². The molecule has 1 aromatic carbocycles. The number of aryl methyl sites for hydroxylation is 2. The number of nitrogens with zero attached hydrogens (tertiary/aromatic N) is 3. The number of fused-ring (bicyclic) bond motifs is 1. The molecule has 0 aliphatic carbocycles. The minimum absolute atomic E-state index is 0.952. The fraction of sp³-hybridized carbons (Fsp3) is 0.143. The monoisotopic (exact) mass is 223 g/mol. The SMILES string of the molecule is c1cc(CCn2ccnc2)c2cccnc2c1. The molecule has 17 heavy (non-hydrogen) atoms. The lowest BCUT2D eigenvalue weighted by molar-refractivity contribution is 0.698. The molecule has 0 aliphatic rings. The molecular formula is C14H13N3. The van der Waals surface area contributed by atoms with Crippen molar-refractivity contribution in [3.63, 3.8) is 0 Å². The van der Waals surface area contributed by atoms with E-state index < -0.39 is 0 Å². The van der Waals surface area contributed by atoms with Gasteiger partial charge >= 0.3 is 0 Å². The molecule has 3 heteroatoms. The Morgan fingerprint density at radius 1 is 1.06 bits per heavy atom. The normalized spacial score (nSPS) is 10.8. The highest BCUT2D eigenvalue weighted by Gasteiger charge is 2.01. The van der Waals surface area contributed by atoms with Crippen LogP contribution in [0.5, 0.6) is 0 Å². The molecule has 0 atom stereocenters. The summed E-state index contributed by atoms with van der Waals surface area (Å²) in [6, 6.07) is 10.4. The van der Waals surface area contributed by atoms with Crippen LogP contribution in [0, 0.1) is 0 Å². The van der Waals surface area contributed by atoms with Crippen LogP contribution in [0.3, 0.4) is 0 Å². The number of benzene rings is 1. The number of imidazole rings is 1. The molecule has 0 N–H and O–H groups in total. The lowest BCUT2D eigenvalue weighted by Gasteiger charge is -2.06. The molecule has 0 aliphatic heterocycles. The van der Waals surface area contributed by atoms with Crippen molar-refractivity contribution >= 4 is 10.9 Å².